The monoisotopic (exact) mass is 530 g/mol. The molecule has 208 valence electrons. The van der Waals surface area contributed by atoms with E-state index in [9.17, 15) is 14.7 Å². The molecular weight excluding hydrogens is 488 g/mol. The molecule has 1 aromatic carbocycles. The third-order valence-corrected chi connectivity index (χ3v) is 8.71. The first-order valence-electron chi connectivity index (χ1n) is 14.5. The molecule has 0 spiro atoms. The predicted molar refractivity (Wildman–Crippen MR) is 156 cm³/mol. The van der Waals surface area contributed by atoms with Crippen molar-refractivity contribution >= 4 is 5.91 Å². The highest BCUT2D eigenvalue weighted by Gasteiger charge is 2.45. The molecule has 0 saturated heterocycles. The molecule has 1 aromatic heterocycles. The SMILES string of the molecule is CCN(CC)CCC1N(C(C)C)C(=O)c2c(O)c(=O)ccn2N1C1C2=C(CCc3ccccc31)CC(C)C=C2. The molecule has 2 heterocycles. The molecule has 1 aliphatic heterocycles. The first-order chi connectivity index (χ1) is 18.8. The van der Waals surface area contributed by atoms with Crippen molar-refractivity contribution in [1.29, 1.82) is 0 Å². The maximum absolute atomic E-state index is 14.0. The number of pyridine rings is 1. The van der Waals surface area contributed by atoms with Crippen LogP contribution in [0.25, 0.3) is 0 Å². The van der Waals surface area contributed by atoms with Gasteiger partial charge in [0.15, 0.2) is 11.4 Å². The summed E-state index contributed by atoms with van der Waals surface area (Å²) in [5, 5.41) is 13.3. The number of rotatable bonds is 7. The standard InChI is InChI=1S/C32H42N4O3/c1-6-33(7-2)18-17-28-35(21(3)4)32(39)30-31(38)27(37)16-19-34(30)36(28)29-25-11-9-8-10-23(25)13-14-24-20-22(5)12-15-26(24)29/h8-12,15-16,19,21-22,28-29,38H,6-7,13-14,17-18,20H2,1-5H3. The molecule has 7 heteroatoms. The molecule has 1 amide bonds. The van der Waals surface area contributed by atoms with Crippen LogP contribution in [-0.4, -0.2) is 57.3 Å². The Balaban J connectivity index is 1.78. The summed E-state index contributed by atoms with van der Waals surface area (Å²) < 4.78 is 1.79. The van der Waals surface area contributed by atoms with Crippen molar-refractivity contribution in [1.82, 2.24) is 14.5 Å². The Labute approximate surface area is 232 Å². The largest absolute Gasteiger partial charge is 0.502 e. The van der Waals surface area contributed by atoms with Gasteiger partial charge in [0.05, 0.1) is 6.04 Å². The molecule has 0 radical (unpaired) electrons. The quantitative estimate of drug-likeness (QED) is 0.546. The number of hydrogen-bond acceptors (Lipinski definition) is 5. The highest BCUT2D eigenvalue weighted by atomic mass is 16.3. The third kappa shape index (κ3) is 4.82. The number of carbonyl (C=O) groups excluding carboxylic acids is 1. The van der Waals surface area contributed by atoms with Gasteiger partial charge in [0, 0.05) is 31.3 Å². The maximum Gasteiger partial charge on any atom is 0.278 e. The van der Waals surface area contributed by atoms with Gasteiger partial charge in [-0.25, -0.2) is 0 Å². The Bertz CT molecular complexity index is 1350. The number of allylic oxidation sites excluding steroid dienone is 2. The fraction of sp³-hybridized carbons (Fsp3) is 0.500. The summed E-state index contributed by atoms with van der Waals surface area (Å²) in [5.41, 5.74) is 4.76. The van der Waals surface area contributed by atoms with Crippen LogP contribution in [0.4, 0.5) is 0 Å². The summed E-state index contributed by atoms with van der Waals surface area (Å²) in [4.78, 5) is 30.9. The van der Waals surface area contributed by atoms with Gasteiger partial charge in [0.25, 0.3) is 5.91 Å². The van der Waals surface area contributed by atoms with Crippen LogP contribution in [-0.2, 0) is 6.42 Å². The minimum absolute atomic E-state index is 0.0484. The first kappa shape index (κ1) is 27.3. The van der Waals surface area contributed by atoms with Gasteiger partial charge in [-0.1, -0.05) is 62.8 Å². The molecule has 0 fully saturated rings. The lowest BCUT2D eigenvalue weighted by atomic mass is 9.85. The zero-order valence-corrected chi connectivity index (χ0v) is 23.9. The van der Waals surface area contributed by atoms with Crippen LogP contribution in [0.5, 0.6) is 5.75 Å². The van der Waals surface area contributed by atoms with Gasteiger partial charge in [-0.3, -0.25) is 19.3 Å². The third-order valence-electron chi connectivity index (χ3n) is 8.71. The van der Waals surface area contributed by atoms with E-state index in [0.29, 0.717) is 5.92 Å². The van der Waals surface area contributed by atoms with Crippen molar-refractivity contribution in [2.24, 2.45) is 5.92 Å². The molecular formula is C32H42N4O3. The number of aromatic nitrogens is 1. The summed E-state index contributed by atoms with van der Waals surface area (Å²) in [7, 11) is 0. The van der Waals surface area contributed by atoms with Crippen LogP contribution in [0.15, 0.2) is 64.6 Å². The van der Waals surface area contributed by atoms with Gasteiger partial charge in [0.1, 0.15) is 6.17 Å². The van der Waals surface area contributed by atoms with E-state index >= 15 is 0 Å². The van der Waals surface area contributed by atoms with Crippen molar-refractivity contribution in [3.05, 3.63) is 86.9 Å². The lowest BCUT2D eigenvalue weighted by Crippen LogP contribution is -2.64. The number of carbonyl (C=O) groups is 1. The van der Waals surface area contributed by atoms with E-state index in [4.69, 9.17) is 0 Å². The second-order valence-corrected chi connectivity index (χ2v) is 11.4. The van der Waals surface area contributed by atoms with Crippen molar-refractivity contribution in [3.63, 3.8) is 0 Å². The van der Waals surface area contributed by atoms with Gasteiger partial charge < -0.3 is 14.9 Å². The number of nitrogens with zero attached hydrogens (tertiary/aromatic N) is 4. The zero-order chi connectivity index (χ0) is 27.8. The van der Waals surface area contributed by atoms with E-state index in [-0.39, 0.29) is 29.9 Å². The van der Waals surface area contributed by atoms with Gasteiger partial charge in [-0.15, -0.1) is 0 Å². The Morgan fingerprint density at radius 1 is 1.08 bits per heavy atom. The number of benzene rings is 1. The summed E-state index contributed by atoms with van der Waals surface area (Å²) in [6.45, 7) is 13.3. The van der Waals surface area contributed by atoms with Crippen molar-refractivity contribution in [3.8, 4) is 5.75 Å². The number of hydrogen-bond donors (Lipinski definition) is 1. The van der Waals surface area contributed by atoms with Crippen molar-refractivity contribution < 1.29 is 9.90 Å². The zero-order valence-electron chi connectivity index (χ0n) is 23.9. The number of fused-ring (bicyclic) bond motifs is 2. The van der Waals surface area contributed by atoms with Gasteiger partial charge in [-0.05, 0) is 68.8 Å². The second kappa shape index (κ2) is 11.0. The van der Waals surface area contributed by atoms with Gasteiger partial charge in [0.2, 0.25) is 5.43 Å². The predicted octanol–water partition coefficient (Wildman–Crippen LogP) is 4.99. The van der Waals surface area contributed by atoms with Crippen LogP contribution in [0.2, 0.25) is 0 Å². The molecule has 2 aromatic rings. The molecule has 2 aliphatic carbocycles. The Morgan fingerprint density at radius 2 is 1.82 bits per heavy atom. The van der Waals surface area contributed by atoms with Gasteiger partial charge in [-0.2, -0.15) is 0 Å². The lowest BCUT2D eigenvalue weighted by molar-refractivity contribution is 0.0428. The smallest absolute Gasteiger partial charge is 0.278 e. The lowest BCUT2D eigenvalue weighted by Gasteiger charge is -2.52. The van der Waals surface area contributed by atoms with Gasteiger partial charge >= 0.3 is 0 Å². The van der Waals surface area contributed by atoms with Crippen LogP contribution >= 0.6 is 0 Å². The van der Waals surface area contributed by atoms with Crippen LogP contribution in [0.3, 0.4) is 0 Å². The van der Waals surface area contributed by atoms with E-state index in [2.05, 4.69) is 67.1 Å². The molecule has 3 atom stereocenters. The minimum Gasteiger partial charge on any atom is -0.502 e. The van der Waals surface area contributed by atoms with E-state index in [1.807, 2.05) is 18.7 Å². The Hall–Kier alpha value is -3.32. The molecule has 0 bridgehead atoms. The highest BCUT2D eigenvalue weighted by Crippen LogP contribution is 2.44. The number of aryl methyl sites for hydroxylation is 1. The van der Waals surface area contributed by atoms with Crippen molar-refractivity contribution in [2.45, 2.75) is 78.6 Å². The normalized spacial score (nSPS) is 22.7. The fourth-order valence-corrected chi connectivity index (χ4v) is 6.68. The average molecular weight is 531 g/mol. The molecule has 3 aliphatic rings. The second-order valence-electron chi connectivity index (χ2n) is 11.4. The van der Waals surface area contributed by atoms with Crippen LogP contribution in [0, 0.1) is 5.92 Å². The average Bonchev–Trinajstić information content (AvgIpc) is 3.07. The first-order valence-corrected chi connectivity index (χ1v) is 14.5. The molecule has 7 nitrogen and oxygen atoms in total. The van der Waals surface area contributed by atoms with E-state index in [1.54, 1.807) is 10.9 Å². The Kier molecular flexibility index (Phi) is 7.72. The molecule has 1 N–H and O–H groups in total. The summed E-state index contributed by atoms with van der Waals surface area (Å²) in [6, 6.07) is 9.71. The van der Waals surface area contributed by atoms with E-state index in [0.717, 1.165) is 45.3 Å². The summed E-state index contributed by atoms with van der Waals surface area (Å²) >= 11 is 0. The summed E-state index contributed by atoms with van der Waals surface area (Å²) in [6.07, 6.45) is 9.72. The molecule has 3 unspecified atom stereocenters. The number of amides is 1. The Morgan fingerprint density at radius 3 is 2.54 bits per heavy atom. The van der Waals surface area contributed by atoms with E-state index in [1.165, 1.54) is 28.3 Å². The number of aromatic hydroxyl groups is 1. The topological polar surface area (TPSA) is 69.0 Å². The molecule has 5 rings (SSSR count). The van der Waals surface area contributed by atoms with Crippen LogP contribution in [0.1, 0.15) is 81.5 Å². The van der Waals surface area contributed by atoms with Crippen LogP contribution < -0.4 is 10.4 Å². The maximum atomic E-state index is 14.0. The minimum atomic E-state index is -0.535. The molecule has 39 heavy (non-hydrogen) atoms. The van der Waals surface area contributed by atoms with Crippen molar-refractivity contribution in [2.75, 3.05) is 24.6 Å². The highest BCUT2D eigenvalue weighted by molar-refractivity contribution is 5.96. The molecule has 0 saturated carbocycles. The summed E-state index contributed by atoms with van der Waals surface area (Å²) in [5.74, 6) is -0.305. The fourth-order valence-electron chi connectivity index (χ4n) is 6.68. The van der Waals surface area contributed by atoms with E-state index < -0.39 is 11.2 Å².